The van der Waals surface area contributed by atoms with Crippen LogP contribution in [0.15, 0.2) is 49.8 Å². The van der Waals surface area contributed by atoms with Gasteiger partial charge in [0.15, 0.2) is 0 Å². The predicted octanol–water partition coefficient (Wildman–Crippen LogP) is 6.03. The van der Waals surface area contributed by atoms with E-state index in [-0.39, 0.29) is 0 Å². The van der Waals surface area contributed by atoms with Gasteiger partial charge in [0, 0.05) is 35.7 Å². The molecule has 0 saturated heterocycles. The fraction of sp³-hybridized carbons (Fsp3) is 0. The summed E-state index contributed by atoms with van der Waals surface area (Å²) in [5, 5.41) is 0. The highest BCUT2D eigenvalue weighted by atomic mass is 79.9. The number of benzene rings is 3. The van der Waals surface area contributed by atoms with E-state index in [0.29, 0.717) is 27.7 Å². The molecule has 0 fully saturated rings. The van der Waals surface area contributed by atoms with E-state index in [4.69, 9.17) is 33.5 Å². The van der Waals surface area contributed by atoms with Crippen LogP contribution >= 0.6 is 47.8 Å². The van der Waals surface area contributed by atoms with E-state index in [1.165, 1.54) is 0 Å². The van der Waals surface area contributed by atoms with Crippen LogP contribution in [-0.2, 0) is 0 Å². The molecule has 0 aliphatic rings. The van der Waals surface area contributed by atoms with Crippen LogP contribution in [0.5, 0.6) is 0 Å². The van der Waals surface area contributed by atoms with E-state index in [1.54, 1.807) is 0 Å². The summed E-state index contributed by atoms with van der Waals surface area (Å²) in [5.41, 5.74) is 6.52. The maximum Gasteiger partial charge on any atom is 0.114 e. The summed E-state index contributed by atoms with van der Waals surface area (Å²) in [7, 11) is 6.45. The van der Waals surface area contributed by atoms with Crippen molar-refractivity contribution in [3.63, 3.8) is 0 Å². The lowest BCUT2D eigenvalue weighted by Gasteiger charge is -2.16. The largest absolute Gasteiger partial charge is 0.115 e. The molecule has 0 unspecified atom stereocenters. The first-order chi connectivity index (χ1) is 14.3. The van der Waals surface area contributed by atoms with Gasteiger partial charge in [0.1, 0.15) is 7.85 Å². The molecule has 4 heteroatoms. The minimum Gasteiger partial charge on any atom is -0.115 e. The van der Waals surface area contributed by atoms with E-state index in [2.05, 4.69) is 71.5 Å². The number of hydrogen-bond acceptors (Lipinski definition) is 0. The van der Waals surface area contributed by atoms with Gasteiger partial charge in [-0.25, -0.2) is 0 Å². The molecule has 0 aromatic heterocycles. The highest BCUT2D eigenvalue weighted by Crippen LogP contribution is 2.38. The molecular formula is C26H10BBr3. The van der Waals surface area contributed by atoms with Crippen molar-refractivity contribution in [2.45, 2.75) is 0 Å². The second-order valence-electron chi connectivity index (χ2n) is 6.25. The summed E-state index contributed by atoms with van der Waals surface area (Å²) in [6.07, 6.45) is 22.4. The van der Waals surface area contributed by atoms with Gasteiger partial charge in [-0.15, -0.1) is 25.7 Å². The molecule has 0 heterocycles. The van der Waals surface area contributed by atoms with Gasteiger partial charge in [-0.05, 0) is 52.6 Å². The third-order valence-electron chi connectivity index (χ3n) is 4.56. The van der Waals surface area contributed by atoms with Gasteiger partial charge in [-0.3, -0.25) is 0 Å². The van der Waals surface area contributed by atoms with Crippen LogP contribution in [0.3, 0.4) is 0 Å². The van der Waals surface area contributed by atoms with E-state index >= 15 is 0 Å². The Labute approximate surface area is 203 Å². The zero-order chi connectivity index (χ0) is 22.0. The molecule has 0 aliphatic heterocycles. The average Bonchev–Trinajstić information content (AvgIpc) is 2.74. The van der Waals surface area contributed by atoms with Crippen molar-refractivity contribution in [2.75, 3.05) is 0 Å². The lowest BCUT2D eigenvalue weighted by atomic mass is 9.83. The summed E-state index contributed by atoms with van der Waals surface area (Å²) < 4.78 is 2.45. The first-order valence-corrected chi connectivity index (χ1v) is 10.9. The van der Waals surface area contributed by atoms with Crippen molar-refractivity contribution in [1.29, 1.82) is 0 Å². The molecule has 0 amide bonds. The van der Waals surface area contributed by atoms with Crippen molar-refractivity contribution in [3.8, 4) is 71.6 Å². The van der Waals surface area contributed by atoms with Gasteiger partial charge < -0.3 is 0 Å². The monoisotopic (exact) mass is 570 g/mol. The number of rotatable bonds is 2. The molecule has 0 N–H and O–H groups in total. The molecule has 0 atom stereocenters. The van der Waals surface area contributed by atoms with Gasteiger partial charge in [-0.1, -0.05) is 83.0 Å². The van der Waals surface area contributed by atoms with Crippen molar-refractivity contribution in [1.82, 2.24) is 0 Å². The first-order valence-electron chi connectivity index (χ1n) is 8.47. The minimum atomic E-state index is 0.570. The van der Waals surface area contributed by atoms with Gasteiger partial charge in [0.25, 0.3) is 0 Å². The summed E-state index contributed by atoms with van der Waals surface area (Å²) >= 11 is 10.8. The highest BCUT2D eigenvalue weighted by molar-refractivity contribution is 9.11. The maximum absolute atomic E-state index is 6.45. The van der Waals surface area contributed by atoms with Crippen LogP contribution in [0, 0.1) is 49.4 Å². The molecule has 0 saturated carbocycles. The van der Waals surface area contributed by atoms with Crippen LogP contribution < -0.4 is 5.46 Å². The lowest BCUT2D eigenvalue weighted by molar-refractivity contribution is 1.50. The van der Waals surface area contributed by atoms with E-state index in [0.717, 1.165) is 35.7 Å². The van der Waals surface area contributed by atoms with Crippen molar-refractivity contribution < 1.29 is 0 Å². The molecule has 3 aromatic rings. The molecule has 30 heavy (non-hydrogen) atoms. The topological polar surface area (TPSA) is 0 Å². The third kappa shape index (κ3) is 4.01. The number of halogens is 3. The molecule has 0 spiro atoms. The maximum atomic E-state index is 6.45. The molecule has 0 nitrogen and oxygen atoms in total. The van der Waals surface area contributed by atoms with Gasteiger partial charge in [0.05, 0.1) is 0 Å². The van der Waals surface area contributed by atoms with Crippen LogP contribution in [0.25, 0.3) is 22.3 Å². The number of terminal acetylenes is 4. The standard InChI is InChI=1S/C26H10BBr3/c1-5-15-9-20(24(28)11-17(15)7-3)19-14-26(30)22(13-23(19)27)21-10-16(6-2)18(8-4)12-25(21)29/h1-4,9-14H. The molecule has 3 aromatic carbocycles. The molecule has 0 bridgehead atoms. The second-order valence-corrected chi connectivity index (χ2v) is 8.81. The van der Waals surface area contributed by atoms with Crippen LogP contribution in [0.1, 0.15) is 22.3 Å². The second kappa shape index (κ2) is 9.05. The Morgan fingerprint density at radius 3 is 1.27 bits per heavy atom. The van der Waals surface area contributed by atoms with Crippen molar-refractivity contribution in [2.24, 2.45) is 0 Å². The van der Waals surface area contributed by atoms with E-state index < -0.39 is 0 Å². The highest BCUT2D eigenvalue weighted by Gasteiger charge is 2.16. The van der Waals surface area contributed by atoms with Crippen molar-refractivity contribution in [3.05, 3.63) is 72.1 Å². The number of hydrogen-bond donors (Lipinski definition) is 0. The van der Waals surface area contributed by atoms with Gasteiger partial charge >= 0.3 is 0 Å². The summed E-state index contributed by atoms with van der Waals surface area (Å²) in [6.45, 7) is 0. The first kappa shape index (κ1) is 22.1. The fourth-order valence-electron chi connectivity index (χ4n) is 3.07. The van der Waals surface area contributed by atoms with Gasteiger partial charge in [-0.2, -0.15) is 0 Å². The Balaban J connectivity index is 2.23. The summed E-state index contributed by atoms with van der Waals surface area (Å²) in [6, 6.07) is 11.2. The molecule has 3 rings (SSSR count). The molecule has 138 valence electrons. The zero-order valence-corrected chi connectivity index (χ0v) is 20.2. The normalized spacial score (nSPS) is 9.83. The lowest BCUT2D eigenvalue weighted by Crippen LogP contribution is -2.08. The van der Waals surface area contributed by atoms with E-state index in [1.807, 2.05) is 36.4 Å². The predicted molar refractivity (Wildman–Crippen MR) is 138 cm³/mol. The van der Waals surface area contributed by atoms with E-state index in [9.17, 15) is 0 Å². The Hall–Kier alpha value is -2.60. The quantitative estimate of drug-likeness (QED) is 0.260. The Morgan fingerprint density at radius 2 is 0.833 bits per heavy atom. The third-order valence-corrected chi connectivity index (χ3v) is 6.52. The minimum absolute atomic E-state index is 0.570. The molecule has 2 radical (unpaired) electrons. The Morgan fingerprint density at radius 1 is 0.500 bits per heavy atom. The van der Waals surface area contributed by atoms with Crippen LogP contribution in [-0.4, -0.2) is 7.85 Å². The van der Waals surface area contributed by atoms with Crippen LogP contribution in [0.2, 0.25) is 0 Å². The Bertz CT molecular complexity index is 1260. The Kier molecular flexibility index (Phi) is 6.66. The molecular weight excluding hydrogens is 563 g/mol. The SMILES string of the molecule is [B]c1cc(-c2cc(C#C)c(C#C)cc2Br)c(Br)cc1-c1cc(C#C)c(C#C)cc1Br. The summed E-state index contributed by atoms with van der Waals surface area (Å²) in [5.74, 6) is 10.5. The molecule has 0 aliphatic carbocycles. The average molecular weight is 573 g/mol. The summed E-state index contributed by atoms with van der Waals surface area (Å²) in [4.78, 5) is 0. The fourth-order valence-corrected chi connectivity index (χ4v) is 4.74. The smallest absolute Gasteiger partial charge is 0.114 e. The zero-order valence-electron chi connectivity index (χ0n) is 15.5. The van der Waals surface area contributed by atoms with Crippen LogP contribution in [0.4, 0.5) is 0 Å². The van der Waals surface area contributed by atoms with Crippen molar-refractivity contribution >= 4 is 61.1 Å². The van der Waals surface area contributed by atoms with Gasteiger partial charge in [0.2, 0.25) is 0 Å².